The first-order valence-electron chi connectivity index (χ1n) is 8.07. The van der Waals surface area contributed by atoms with Gasteiger partial charge in [-0.05, 0) is 48.6 Å². The molecule has 0 bridgehead atoms. The molecule has 4 rings (SSSR count). The minimum atomic E-state index is -0.165. The average molecular weight is 303 g/mol. The molecule has 2 N–H and O–H groups in total. The molecular weight excluding hydrogens is 281 g/mol. The second kappa shape index (κ2) is 4.95. The van der Waals surface area contributed by atoms with Gasteiger partial charge >= 0.3 is 6.03 Å². The van der Waals surface area contributed by atoms with E-state index in [2.05, 4.69) is 29.5 Å². The molecule has 22 heavy (non-hydrogen) atoms. The predicted octanol–water partition coefficient (Wildman–Crippen LogP) is 1.71. The summed E-state index contributed by atoms with van der Waals surface area (Å²) in [6, 6.07) is 5.41. The van der Waals surface area contributed by atoms with Crippen LogP contribution in [0.1, 0.15) is 24.0 Å². The van der Waals surface area contributed by atoms with Crippen LogP contribution in [0.4, 0.5) is 9.18 Å². The first-order valence-corrected chi connectivity index (χ1v) is 8.07. The Morgan fingerprint density at radius 1 is 1.32 bits per heavy atom. The number of carbonyl (C=O) groups is 1. The number of urea groups is 1. The van der Waals surface area contributed by atoms with E-state index in [1.165, 1.54) is 11.6 Å². The molecule has 1 saturated carbocycles. The zero-order valence-corrected chi connectivity index (χ0v) is 13.0. The van der Waals surface area contributed by atoms with E-state index in [4.69, 9.17) is 0 Å². The molecule has 0 spiro atoms. The Morgan fingerprint density at radius 3 is 2.86 bits per heavy atom. The van der Waals surface area contributed by atoms with Gasteiger partial charge in [0, 0.05) is 31.1 Å². The molecule has 1 saturated heterocycles. The largest absolute Gasteiger partial charge is 0.334 e. The van der Waals surface area contributed by atoms with Gasteiger partial charge in [0.05, 0.1) is 0 Å². The first-order chi connectivity index (χ1) is 10.5. The molecule has 1 aromatic rings. The predicted molar refractivity (Wildman–Crippen MR) is 82.2 cm³/mol. The van der Waals surface area contributed by atoms with Crippen LogP contribution in [0.15, 0.2) is 18.2 Å². The van der Waals surface area contributed by atoms with Gasteiger partial charge in [-0.2, -0.15) is 0 Å². The van der Waals surface area contributed by atoms with Crippen LogP contribution in [0.2, 0.25) is 0 Å². The molecule has 118 valence electrons. The topological polar surface area (TPSA) is 44.4 Å². The lowest BCUT2D eigenvalue weighted by molar-refractivity contribution is 0.234. The number of nitrogens with zero attached hydrogens (tertiary/aromatic N) is 1. The van der Waals surface area contributed by atoms with Gasteiger partial charge in [0.1, 0.15) is 5.82 Å². The number of hydrogen-bond acceptors (Lipinski definition) is 2. The van der Waals surface area contributed by atoms with Crippen molar-refractivity contribution < 1.29 is 9.18 Å². The number of benzene rings is 1. The summed E-state index contributed by atoms with van der Waals surface area (Å²) in [4.78, 5) is 14.4. The molecule has 5 atom stereocenters. The van der Waals surface area contributed by atoms with Gasteiger partial charge in [0.15, 0.2) is 0 Å². The van der Waals surface area contributed by atoms with E-state index >= 15 is 0 Å². The molecular formula is C17H22FN3O. The lowest BCUT2D eigenvalue weighted by Crippen LogP contribution is -2.46. The van der Waals surface area contributed by atoms with E-state index in [9.17, 15) is 9.18 Å². The number of rotatable bonds is 2. The number of fused-ring (bicyclic) bond motifs is 3. The number of nitrogens with one attached hydrogen (secondary N) is 2. The highest BCUT2D eigenvalue weighted by Gasteiger charge is 2.56. The lowest BCUT2D eigenvalue weighted by atomic mass is 10.0. The molecule has 0 aromatic heterocycles. The molecule has 0 radical (unpaired) electrons. The third-order valence-corrected chi connectivity index (χ3v) is 5.50. The minimum absolute atomic E-state index is 0.0600. The van der Waals surface area contributed by atoms with Crippen molar-refractivity contribution in [1.82, 2.24) is 15.5 Å². The Kier molecular flexibility index (Phi) is 3.15. The fraction of sp³-hybridized carbons (Fsp3) is 0.588. The van der Waals surface area contributed by atoms with Crippen molar-refractivity contribution in [3.63, 3.8) is 0 Å². The van der Waals surface area contributed by atoms with Gasteiger partial charge in [-0.25, -0.2) is 9.18 Å². The van der Waals surface area contributed by atoms with Crippen molar-refractivity contribution in [2.24, 2.45) is 11.8 Å². The van der Waals surface area contributed by atoms with E-state index < -0.39 is 0 Å². The van der Waals surface area contributed by atoms with Crippen molar-refractivity contribution in [2.75, 3.05) is 20.1 Å². The maximum absolute atomic E-state index is 13.2. The second-order valence-electron chi connectivity index (χ2n) is 7.19. The van der Waals surface area contributed by atoms with Gasteiger partial charge in [-0.15, -0.1) is 0 Å². The molecule has 4 nitrogen and oxygen atoms in total. The SMILES string of the molecule is CC1CN(C)CC1NC(=O)NC1C2Cc3cc(F)ccc3C21. The summed E-state index contributed by atoms with van der Waals surface area (Å²) in [6.45, 7) is 4.11. The number of hydrogen-bond donors (Lipinski definition) is 2. The van der Waals surface area contributed by atoms with Gasteiger partial charge in [-0.3, -0.25) is 0 Å². The van der Waals surface area contributed by atoms with E-state index in [1.807, 2.05) is 6.07 Å². The summed E-state index contributed by atoms with van der Waals surface area (Å²) < 4.78 is 13.2. The number of likely N-dealkylation sites (tertiary alicyclic amines) is 1. The molecule has 1 aromatic carbocycles. The van der Waals surface area contributed by atoms with Crippen LogP contribution >= 0.6 is 0 Å². The maximum atomic E-state index is 13.2. The molecule has 5 heteroatoms. The van der Waals surface area contributed by atoms with Gasteiger partial charge in [-0.1, -0.05) is 13.0 Å². The van der Waals surface area contributed by atoms with E-state index in [0.717, 1.165) is 25.1 Å². The Balaban J connectivity index is 1.35. The molecule has 2 amide bonds. The number of likely N-dealkylation sites (N-methyl/N-ethyl adjacent to an activating group) is 1. The van der Waals surface area contributed by atoms with Crippen molar-refractivity contribution in [2.45, 2.75) is 31.3 Å². The highest BCUT2D eigenvalue weighted by molar-refractivity contribution is 5.76. The summed E-state index contributed by atoms with van der Waals surface area (Å²) in [6.07, 6.45) is 0.880. The van der Waals surface area contributed by atoms with Crippen molar-refractivity contribution in [3.05, 3.63) is 35.1 Å². The summed E-state index contributed by atoms with van der Waals surface area (Å²) in [5.74, 6) is 1.15. The summed E-state index contributed by atoms with van der Waals surface area (Å²) in [5.41, 5.74) is 2.32. The van der Waals surface area contributed by atoms with Crippen LogP contribution in [-0.2, 0) is 6.42 Å². The molecule has 1 heterocycles. The Morgan fingerprint density at radius 2 is 2.14 bits per heavy atom. The van der Waals surface area contributed by atoms with Gasteiger partial charge in [0.25, 0.3) is 0 Å². The van der Waals surface area contributed by atoms with E-state index in [1.54, 1.807) is 6.07 Å². The van der Waals surface area contributed by atoms with Crippen molar-refractivity contribution in [3.8, 4) is 0 Å². The first kappa shape index (κ1) is 14.0. The molecule has 1 aliphatic heterocycles. The quantitative estimate of drug-likeness (QED) is 0.873. The average Bonchev–Trinajstić information content (AvgIpc) is 2.81. The molecule has 5 unspecified atom stereocenters. The van der Waals surface area contributed by atoms with Crippen LogP contribution in [0.3, 0.4) is 0 Å². The summed E-state index contributed by atoms with van der Waals surface area (Å²) in [5, 5.41) is 6.21. The summed E-state index contributed by atoms with van der Waals surface area (Å²) in [7, 11) is 2.08. The van der Waals surface area contributed by atoms with Gasteiger partial charge in [0.2, 0.25) is 0 Å². The Hall–Kier alpha value is -1.62. The number of amides is 2. The standard InChI is InChI=1S/C17H22FN3O/c1-9-7-21(2)8-14(9)19-17(22)20-16-13-6-10-5-11(18)3-4-12(10)15(13)16/h3-5,9,13-16H,6-8H2,1-2H3,(H2,19,20,22). The minimum Gasteiger partial charge on any atom is -0.334 e. The van der Waals surface area contributed by atoms with Crippen molar-refractivity contribution in [1.29, 1.82) is 0 Å². The number of carbonyl (C=O) groups excluding carboxylic acids is 1. The van der Waals surface area contributed by atoms with Crippen LogP contribution in [0.25, 0.3) is 0 Å². The highest BCUT2D eigenvalue weighted by Crippen LogP contribution is 2.56. The smallest absolute Gasteiger partial charge is 0.315 e. The van der Waals surface area contributed by atoms with Crippen molar-refractivity contribution >= 4 is 6.03 Å². The third kappa shape index (κ3) is 2.28. The molecule has 2 aliphatic carbocycles. The molecule has 3 aliphatic rings. The second-order valence-corrected chi connectivity index (χ2v) is 7.19. The van der Waals surface area contributed by atoms with Crippen LogP contribution in [0.5, 0.6) is 0 Å². The molecule has 2 fully saturated rings. The Labute approximate surface area is 130 Å². The van der Waals surface area contributed by atoms with Crippen LogP contribution in [-0.4, -0.2) is 43.2 Å². The zero-order valence-electron chi connectivity index (χ0n) is 13.0. The van der Waals surface area contributed by atoms with E-state index in [-0.39, 0.29) is 23.9 Å². The summed E-state index contributed by atoms with van der Waals surface area (Å²) >= 11 is 0. The fourth-order valence-corrected chi connectivity index (χ4v) is 4.34. The van der Waals surface area contributed by atoms with Crippen LogP contribution in [0, 0.1) is 17.7 Å². The maximum Gasteiger partial charge on any atom is 0.315 e. The van der Waals surface area contributed by atoms with E-state index in [0.29, 0.717) is 17.8 Å². The third-order valence-electron chi connectivity index (χ3n) is 5.50. The fourth-order valence-electron chi connectivity index (χ4n) is 4.34. The normalized spacial score (nSPS) is 35.9. The zero-order chi connectivity index (χ0) is 15.4. The highest BCUT2D eigenvalue weighted by atomic mass is 19.1. The van der Waals surface area contributed by atoms with Gasteiger partial charge < -0.3 is 15.5 Å². The van der Waals surface area contributed by atoms with Crippen LogP contribution < -0.4 is 10.6 Å². The lowest BCUT2D eigenvalue weighted by Gasteiger charge is -2.18. The number of halogens is 1. The Bertz CT molecular complexity index is 620. The monoisotopic (exact) mass is 303 g/mol.